The molecule has 0 nitrogen and oxygen atoms in total. The van der Waals surface area contributed by atoms with Crippen LogP contribution in [-0.2, 0) is 0 Å². The van der Waals surface area contributed by atoms with E-state index < -0.39 is 0 Å². The lowest BCUT2D eigenvalue weighted by molar-refractivity contribution is 1.12. The van der Waals surface area contributed by atoms with Gasteiger partial charge in [0.2, 0.25) is 0 Å². The minimum atomic E-state index is 0.372. The van der Waals surface area contributed by atoms with Crippen LogP contribution in [0.25, 0.3) is 0 Å². The van der Waals surface area contributed by atoms with Crippen LogP contribution in [0.5, 0.6) is 0 Å². The average molecular weight is 345 g/mol. The first kappa shape index (κ1) is 9.81. The lowest BCUT2D eigenvalue weighted by atomic mass is 10.2. The van der Waals surface area contributed by atoms with E-state index in [2.05, 4.69) is 51.5 Å². The van der Waals surface area contributed by atoms with E-state index in [-0.39, 0.29) is 0 Å². The Labute approximate surface area is 93.6 Å². The number of alkyl halides is 1. The molecule has 0 fully saturated rings. The summed E-state index contributed by atoms with van der Waals surface area (Å²) in [5.74, 6) is 0. The fourth-order valence-corrected chi connectivity index (χ4v) is 1.57. The Morgan fingerprint density at radius 1 is 1.55 bits per heavy atom. The van der Waals surface area contributed by atoms with Crippen molar-refractivity contribution in [3.05, 3.63) is 32.4 Å². The van der Waals surface area contributed by atoms with Crippen LogP contribution < -0.4 is 0 Å². The number of hydrogen-bond acceptors (Lipinski definition) is 0. The molecule has 1 atom stereocenters. The summed E-state index contributed by atoms with van der Waals surface area (Å²) in [6.07, 6.45) is 0. The highest BCUT2D eigenvalue weighted by atomic mass is 127. The second-order valence-electron chi connectivity index (χ2n) is 2.29. The van der Waals surface area contributed by atoms with Crippen LogP contribution in [-0.4, -0.2) is 0 Å². The Morgan fingerprint density at radius 2 is 2.18 bits per heavy atom. The molecular weight excluding hydrogens is 338 g/mol. The molecule has 1 rings (SSSR count). The average Bonchev–Trinajstić information content (AvgIpc) is 1.94. The third-order valence-corrected chi connectivity index (χ3v) is 3.50. The zero-order valence-corrected chi connectivity index (χ0v) is 10.4. The zero-order chi connectivity index (χ0) is 8.43. The van der Waals surface area contributed by atoms with Crippen LogP contribution in [0.15, 0.2) is 18.2 Å². The molecule has 1 aromatic rings. The van der Waals surface area contributed by atoms with Crippen molar-refractivity contribution in [2.45, 2.75) is 11.8 Å². The topological polar surface area (TPSA) is 0 Å². The first-order valence-corrected chi connectivity index (χ1v) is 5.57. The minimum absolute atomic E-state index is 0.372. The number of rotatable bonds is 1. The fraction of sp³-hybridized carbons (Fsp3) is 0.250. The maximum atomic E-state index is 5.93. The Balaban J connectivity index is 3.05. The van der Waals surface area contributed by atoms with Gasteiger partial charge >= 0.3 is 0 Å². The molecule has 0 saturated carbocycles. The van der Waals surface area contributed by atoms with E-state index in [9.17, 15) is 0 Å². The molecule has 60 valence electrons. The van der Waals surface area contributed by atoms with Crippen LogP contribution in [0.4, 0.5) is 0 Å². The van der Waals surface area contributed by atoms with Crippen molar-refractivity contribution >= 4 is 50.1 Å². The molecule has 0 radical (unpaired) electrons. The Kier molecular flexibility index (Phi) is 3.65. The van der Waals surface area contributed by atoms with Gasteiger partial charge in [0, 0.05) is 8.40 Å². The van der Waals surface area contributed by atoms with Gasteiger partial charge in [-0.25, -0.2) is 0 Å². The van der Waals surface area contributed by atoms with Crippen molar-refractivity contribution < 1.29 is 0 Å². The number of hydrogen-bond donors (Lipinski definition) is 0. The predicted molar refractivity (Wildman–Crippen MR) is 61.5 cm³/mol. The Bertz CT molecular complexity index is 260. The quantitative estimate of drug-likeness (QED) is 0.523. The maximum Gasteiger partial charge on any atom is 0.0542 e. The molecule has 1 aromatic carbocycles. The van der Waals surface area contributed by atoms with Gasteiger partial charge in [-0.05, 0) is 47.2 Å². The molecule has 0 heterocycles. The Hall–Kier alpha value is 0.720. The van der Waals surface area contributed by atoms with Crippen molar-refractivity contribution in [2.75, 3.05) is 0 Å². The molecule has 0 aromatic heterocycles. The molecule has 0 bridgehead atoms. The van der Waals surface area contributed by atoms with Crippen LogP contribution in [0.3, 0.4) is 0 Å². The molecule has 0 aliphatic heterocycles. The summed E-state index contributed by atoms with van der Waals surface area (Å²) in [6.45, 7) is 2.08. The van der Waals surface area contributed by atoms with Crippen LogP contribution in [0, 0.1) is 3.57 Å². The van der Waals surface area contributed by atoms with Gasteiger partial charge in [0.05, 0.1) is 5.02 Å². The van der Waals surface area contributed by atoms with E-state index in [1.54, 1.807) is 0 Å². The number of benzene rings is 1. The molecule has 3 heteroatoms. The van der Waals surface area contributed by atoms with Crippen LogP contribution in [0.1, 0.15) is 17.3 Å². The second kappa shape index (κ2) is 4.10. The first-order chi connectivity index (χ1) is 5.11. The highest BCUT2D eigenvalue weighted by molar-refractivity contribution is 14.1. The molecule has 11 heavy (non-hydrogen) atoms. The summed E-state index contributed by atoms with van der Waals surface area (Å²) in [6, 6.07) is 6.09. The fourth-order valence-electron chi connectivity index (χ4n) is 0.760. The molecule has 0 spiro atoms. The van der Waals surface area contributed by atoms with E-state index in [4.69, 9.17) is 11.6 Å². The van der Waals surface area contributed by atoms with Gasteiger partial charge in [-0.2, -0.15) is 0 Å². The van der Waals surface area contributed by atoms with Gasteiger partial charge in [-0.3, -0.25) is 0 Å². The summed E-state index contributed by atoms with van der Waals surface area (Å²) in [5.41, 5.74) is 1.22. The van der Waals surface area contributed by atoms with Crippen molar-refractivity contribution in [1.29, 1.82) is 0 Å². The van der Waals surface area contributed by atoms with E-state index >= 15 is 0 Å². The van der Waals surface area contributed by atoms with E-state index in [0.717, 1.165) is 8.59 Å². The van der Waals surface area contributed by atoms with E-state index in [1.165, 1.54) is 5.56 Å². The van der Waals surface area contributed by atoms with Crippen molar-refractivity contribution in [3.63, 3.8) is 0 Å². The van der Waals surface area contributed by atoms with Crippen molar-refractivity contribution in [1.82, 2.24) is 0 Å². The van der Waals surface area contributed by atoms with E-state index in [1.807, 2.05) is 12.1 Å². The maximum absolute atomic E-state index is 5.93. The molecule has 0 N–H and O–H groups in total. The lowest BCUT2D eigenvalue weighted by Crippen LogP contribution is -1.84. The monoisotopic (exact) mass is 344 g/mol. The standard InChI is InChI=1S/C8H7BrClI/c1-5(9)6-2-3-8(11)7(10)4-6/h2-5H,1H3. The molecule has 0 aliphatic carbocycles. The minimum Gasteiger partial charge on any atom is -0.0842 e. The molecule has 0 amide bonds. The normalized spacial score (nSPS) is 13.1. The Morgan fingerprint density at radius 3 is 2.64 bits per heavy atom. The van der Waals surface area contributed by atoms with E-state index in [0.29, 0.717) is 4.83 Å². The van der Waals surface area contributed by atoms with Crippen LogP contribution in [0.2, 0.25) is 5.02 Å². The van der Waals surface area contributed by atoms with Gasteiger partial charge in [0.15, 0.2) is 0 Å². The van der Waals surface area contributed by atoms with Gasteiger partial charge < -0.3 is 0 Å². The summed E-state index contributed by atoms with van der Waals surface area (Å²) in [7, 11) is 0. The van der Waals surface area contributed by atoms with Gasteiger partial charge in [-0.1, -0.05) is 33.6 Å². The summed E-state index contributed by atoms with van der Waals surface area (Å²) >= 11 is 11.6. The highest BCUT2D eigenvalue weighted by Crippen LogP contribution is 2.27. The predicted octanol–water partition coefficient (Wildman–Crippen LogP) is 4.40. The lowest BCUT2D eigenvalue weighted by Gasteiger charge is -2.04. The smallest absolute Gasteiger partial charge is 0.0542 e. The SMILES string of the molecule is CC(Br)c1ccc(I)c(Cl)c1. The first-order valence-electron chi connectivity index (χ1n) is 3.20. The van der Waals surface area contributed by atoms with Gasteiger partial charge in [0.1, 0.15) is 0 Å². The highest BCUT2D eigenvalue weighted by Gasteiger charge is 2.02. The number of halogens is 3. The van der Waals surface area contributed by atoms with Gasteiger partial charge in [0.25, 0.3) is 0 Å². The van der Waals surface area contributed by atoms with Gasteiger partial charge in [-0.15, -0.1) is 0 Å². The largest absolute Gasteiger partial charge is 0.0842 e. The zero-order valence-electron chi connectivity index (χ0n) is 5.94. The van der Waals surface area contributed by atoms with Crippen molar-refractivity contribution in [2.24, 2.45) is 0 Å². The summed E-state index contributed by atoms with van der Waals surface area (Å²) < 4.78 is 1.10. The third-order valence-electron chi connectivity index (χ3n) is 1.40. The molecular formula is C8H7BrClI. The molecule has 0 saturated heterocycles. The summed E-state index contributed by atoms with van der Waals surface area (Å²) in [4.78, 5) is 0.372. The van der Waals surface area contributed by atoms with Crippen molar-refractivity contribution in [3.8, 4) is 0 Å². The van der Waals surface area contributed by atoms with Crippen LogP contribution >= 0.6 is 50.1 Å². The molecule has 1 unspecified atom stereocenters. The third kappa shape index (κ3) is 2.60. The summed E-state index contributed by atoms with van der Waals surface area (Å²) in [5, 5.41) is 0.828. The molecule has 0 aliphatic rings. The second-order valence-corrected chi connectivity index (χ2v) is 5.23.